The number of primary amides is 1. The van der Waals surface area contributed by atoms with Gasteiger partial charge in [-0.25, -0.2) is 19.3 Å². The number of fused-ring (bicyclic) bond motifs is 1. The fourth-order valence-corrected chi connectivity index (χ4v) is 4.31. The van der Waals surface area contributed by atoms with Crippen molar-refractivity contribution in [3.05, 3.63) is 65.7 Å². The molecular formula is C26H24ClFN6O2. The minimum Gasteiger partial charge on any atom is -0.382 e. The Morgan fingerprint density at radius 3 is 2.44 bits per heavy atom. The molecule has 2 aromatic heterocycles. The van der Waals surface area contributed by atoms with Crippen LogP contribution < -0.4 is 11.5 Å². The van der Waals surface area contributed by atoms with E-state index in [2.05, 4.69) is 26.8 Å². The average Bonchev–Trinajstić information content (AvgIpc) is 3.23. The van der Waals surface area contributed by atoms with Gasteiger partial charge >= 0.3 is 0 Å². The highest BCUT2D eigenvalue weighted by Gasteiger charge is 2.27. The molecule has 1 aliphatic rings. The average molecular weight is 507 g/mol. The number of hydrogen-bond acceptors (Lipinski definition) is 6. The van der Waals surface area contributed by atoms with Crippen LogP contribution in [0.4, 0.5) is 10.2 Å². The first-order valence-corrected chi connectivity index (χ1v) is 11.3. The molecule has 1 amide bonds. The molecule has 0 saturated heterocycles. The van der Waals surface area contributed by atoms with Crippen LogP contribution in [0.25, 0.3) is 28.2 Å². The van der Waals surface area contributed by atoms with Crippen LogP contribution in [-0.4, -0.2) is 36.1 Å². The zero-order valence-electron chi connectivity index (χ0n) is 19.2. The fourth-order valence-electron chi connectivity index (χ4n) is 4.31. The summed E-state index contributed by atoms with van der Waals surface area (Å²) in [4.78, 5) is 25.0. The summed E-state index contributed by atoms with van der Waals surface area (Å²) in [5.74, 6) is 5.49. The molecule has 0 radical (unpaired) electrons. The van der Waals surface area contributed by atoms with Gasteiger partial charge in [-0.3, -0.25) is 9.36 Å². The van der Waals surface area contributed by atoms with E-state index in [-0.39, 0.29) is 24.0 Å². The van der Waals surface area contributed by atoms with Gasteiger partial charge in [-0.1, -0.05) is 24.5 Å². The molecule has 0 spiro atoms. The van der Waals surface area contributed by atoms with Crippen molar-refractivity contribution in [1.29, 1.82) is 0 Å². The number of carbonyl (C=O) groups excluding carboxylic acids is 1. The summed E-state index contributed by atoms with van der Waals surface area (Å²) < 4.78 is 15.8. The van der Waals surface area contributed by atoms with E-state index in [0.717, 1.165) is 19.3 Å². The fraction of sp³-hybridized carbons (Fsp3) is 0.231. The number of benzene rings is 2. The Morgan fingerprint density at radius 1 is 1.06 bits per heavy atom. The number of carbonyl (C=O) groups is 1. The highest BCUT2D eigenvalue weighted by atomic mass is 35.5. The van der Waals surface area contributed by atoms with E-state index in [0.29, 0.717) is 46.6 Å². The molecule has 4 aromatic rings. The van der Waals surface area contributed by atoms with Crippen LogP contribution in [0.15, 0.2) is 48.5 Å². The van der Waals surface area contributed by atoms with Gasteiger partial charge in [-0.2, -0.15) is 0 Å². The molecule has 8 nitrogen and oxygen atoms in total. The van der Waals surface area contributed by atoms with E-state index >= 15 is 0 Å². The number of anilines is 1. The van der Waals surface area contributed by atoms with Crippen LogP contribution >= 0.6 is 12.4 Å². The normalized spacial score (nSPS) is 14.5. The number of nitrogen functional groups attached to an aromatic ring is 1. The summed E-state index contributed by atoms with van der Waals surface area (Å²) in [5.41, 5.74) is 12.7. The maximum absolute atomic E-state index is 14.1. The number of amides is 1. The van der Waals surface area contributed by atoms with E-state index in [9.17, 15) is 14.3 Å². The third-order valence-electron chi connectivity index (χ3n) is 6.11. The van der Waals surface area contributed by atoms with Crippen LogP contribution in [0.1, 0.15) is 48.3 Å². The number of hydrogen-bond donors (Lipinski definition) is 3. The van der Waals surface area contributed by atoms with Gasteiger partial charge in [0.25, 0.3) is 0 Å². The third kappa shape index (κ3) is 4.87. The molecule has 36 heavy (non-hydrogen) atoms. The third-order valence-corrected chi connectivity index (χ3v) is 6.11. The van der Waals surface area contributed by atoms with Crippen LogP contribution in [0.5, 0.6) is 0 Å². The first-order chi connectivity index (χ1) is 16.8. The van der Waals surface area contributed by atoms with Gasteiger partial charge in [0.1, 0.15) is 17.2 Å². The monoisotopic (exact) mass is 506 g/mol. The van der Waals surface area contributed by atoms with E-state index in [1.165, 1.54) is 12.1 Å². The second-order valence-corrected chi connectivity index (χ2v) is 8.64. The lowest BCUT2D eigenvalue weighted by Crippen LogP contribution is -2.29. The van der Waals surface area contributed by atoms with E-state index in [4.69, 9.17) is 11.5 Å². The Labute approximate surface area is 213 Å². The highest BCUT2D eigenvalue weighted by Crippen LogP contribution is 2.31. The summed E-state index contributed by atoms with van der Waals surface area (Å²) >= 11 is 0. The van der Waals surface area contributed by atoms with Gasteiger partial charge in [0.05, 0.1) is 0 Å². The smallest absolute Gasteiger partial charge is 0.248 e. The largest absolute Gasteiger partial charge is 0.382 e. The predicted octanol–water partition coefficient (Wildman–Crippen LogP) is 3.77. The molecular weight excluding hydrogens is 483 g/mol. The SMILES string of the molecule is Cl.NC(=O)c1ccc(-n2c(-c3cccc(F)c3)nc3c(N)nc(C#CC4(O)CCCCC4)nc32)cc1. The molecule has 1 aliphatic carbocycles. The molecule has 184 valence electrons. The maximum atomic E-state index is 14.1. The lowest BCUT2D eigenvalue weighted by atomic mass is 9.85. The predicted molar refractivity (Wildman–Crippen MR) is 137 cm³/mol. The van der Waals surface area contributed by atoms with Crippen molar-refractivity contribution in [2.45, 2.75) is 37.7 Å². The molecule has 5 N–H and O–H groups in total. The zero-order valence-corrected chi connectivity index (χ0v) is 20.1. The van der Waals surface area contributed by atoms with Gasteiger partial charge in [0.2, 0.25) is 11.7 Å². The molecule has 2 heterocycles. The van der Waals surface area contributed by atoms with Gasteiger partial charge < -0.3 is 16.6 Å². The standard InChI is InChI=1S/C26H23FN6O2.ClH/c27-18-6-4-5-17(15-18)24-32-21-22(28)30-20(11-14-26(35)12-2-1-3-13-26)31-25(21)33(24)19-9-7-16(8-10-19)23(29)34;/h4-10,15,35H,1-3,12-13H2,(H2,29,34)(H2,28,30,31);1H. The Morgan fingerprint density at radius 2 is 1.78 bits per heavy atom. The minimum atomic E-state index is -1.07. The van der Waals surface area contributed by atoms with Gasteiger partial charge in [-0.05, 0) is 68.0 Å². The van der Waals surface area contributed by atoms with Crippen molar-refractivity contribution >= 4 is 35.3 Å². The van der Waals surface area contributed by atoms with Gasteiger partial charge in [-0.15, -0.1) is 12.4 Å². The molecule has 0 aliphatic heterocycles. The molecule has 0 atom stereocenters. The Kier molecular flexibility index (Phi) is 6.93. The van der Waals surface area contributed by atoms with Crippen LogP contribution in [0.3, 0.4) is 0 Å². The number of rotatable bonds is 3. The molecule has 1 fully saturated rings. The molecule has 0 bridgehead atoms. The zero-order chi connectivity index (χ0) is 24.6. The van der Waals surface area contributed by atoms with Gasteiger partial charge in [0.15, 0.2) is 17.0 Å². The first-order valence-electron chi connectivity index (χ1n) is 11.3. The molecule has 5 rings (SSSR count). The Bertz CT molecular complexity index is 1500. The lowest BCUT2D eigenvalue weighted by Gasteiger charge is -2.26. The van der Waals surface area contributed by atoms with Crippen molar-refractivity contribution in [2.75, 3.05) is 5.73 Å². The second kappa shape index (κ2) is 9.93. The maximum Gasteiger partial charge on any atom is 0.248 e. The number of aromatic nitrogens is 4. The van der Waals surface area contributed by atoms with Gasteiger partial charge in [0, 0.05) is 16.8 Å². The number of halogens is 2. The summed E-state index contributed by atoms with van der Waals surface area (Å²) in [6, 6.07) is 12.6. The summed E-state index contributed by atoms with van der Waals surface area (Å²) in [7, 11) is 0. The minimum absolute atomic E-state index is 0. The molecule has 1 saturated carbocycles. The highest BCUT2D eigenvalue weighted by molar-refractivity contribution is 5.93. The van der Waals surface area contributed by atoms with Crippen molar-refractivity contribution in [3.8, 4) is 28.9 Å². The Balaban J connectivity index is 0.00000304. The number of nitrogens with zero attached hydrogens (tertiary/aromatic N) is 4. The van der Waals surface area contributed by atoms with Crippen molar-refractivity contribution < 1.29 is 14.3 Å². The van der Waals surface area contributed by atoms with Crippen LogP contribution in [0.2, 0.25) is 0 Å². The Hall–Kier alpha value is -4.00. The molecule has 10 heteroatoms. The van der Waals surface area contributed by atoms with Crippen LogP contribution in [-0.2, 0) is 0 Å². The summed E-state index contributed by atoms with van der Waals surface area (Å²) in [6.07, 6.45) is 4.11. The molecule has 2 aromatic carbocycles. The second-order valence-electron chi connectivity index (χ2n) is 8.64. The topological polar surface area (TPSA) is 133 Å². The van der Waals surface area contributed by atoms with Crippen molar-refractivity contribution in [3.63, 3.8) is 0 Å². The van der Waals surface area contributed by atoms with E-state index in [1.54, 1.807) is 41.0 Å². The van der Waals surface area contributed by atoms with E-state index in [1.807, 2.05) is 0 Å². The van der Waals surface area contributed by atoms with Crippen LogP contribution in [0, 0.1) is 17.7 Å². The first kappa shape index (κ1) is 25.1. The number of imidazole rings is 1. The van der Waals surface area contributed by atoms with E-state index < -0.39 is 17.3 Å². The summed E-state index contributed by atoms with van der Waals surface area (Å²) in [5, 5.41) is 10.7. The summed E-state index contributed by atoms with van der Waals surface area (Å²) in [6.45, 7) is 0. The number of aliphatic hydroxyl groups is 1. The molecule has 0 unspecified atom stereocenters. The number of nitrogens with two attached hydrogens (primary N) is 2. The quantitative estimate of drug-likeness (QED) is 0.362. The van der Waals surface area contributed by atoms with Crippen molar-refractivity contribution in [1.82, 2.24) is 19.5 Å². The lowest BCUT2D eigenvalue weighted by molar-refractivity contribution is 0.0610. The van der Waals surface area contributed by atoms with Crippen molar-refractivity contribution in [2.24, 2.45) is 5.73 Å².